The molecular weight excluding hydrogens is 222 g/mol. The number of aromatic nitrogens is 3. The van der Waals surface area contributed by atoms with Gasteiger partial charge < -0.3 is 11.1 Å². The Kier molecular flexibility index (Phi) is 3.58. The molecule has 94 valence electrons. The maximum Gasteiger partial charge on any atom is 0.342 e. The molecule has 0 unspecified atom stereocenters. The molecule has 7 heteroatoms. The van der Waals surface area contributed by atoms with Crippen LogP contribution in [0.1, 0.15) is 25.7 Å². The Bertz CT molecular complexity index is 472. The minimum absolute atomic E-state index is 0.166. The number of nitrogens with zero attached hydrogens (tertiary/aromatic N) is 1. The van der Waals surface area contributed by atoms with Crippen molar-refractivity contribution in [2.24, 2.45) is 11.7 Å². The van der Waals surface area contributed by atoms with Gasteiger partial charge in [-0.2, -0.15) is 0 Å². The minimum atomic E-state index is -0.593. The molecule has 17 heavy (non-hydrogen) atoms. The van der Waals surface area contributed by atoms with Crippen LogP contribution >= 0.6 is 0 Å². The lowest BCUT2D eigenvalue weighted by molar-refractivity contribution is 0.338. The monoisotopic (exact) mass is 239 g/mol. The highest BCUT2D eigenvalue weighted by Gasteiger charge is 2.18. The standard InChI is InChI=1S/C10H17N5O2/c11-7-3-1-6(2-4-7)5-12-8-9(16)13-10(17)15-14-8/h6-7H,1-5,11H2,(H,12,14)(H2,13,15,16,17). The molecule has 0 bridgehead atoms. The van der Waals surface area contributed by atoms with Crippen LogP contribution in [0.3, 0.4) is 0 Å². The van der Waals surface area contributed by atoms with Crippen LogP contribution in [0.15, 0.2) is 9.59 Å². The van der Waals surface area contributed by atoms with E-state index in [1.54, 1.807) is 0 Å². The van der Waals surface area contributed by atoms with E-state index in [1.165, 1.54) is 0 Å². The number of nitrogens with one attached hydrogen (secondary N) is 3. The number of anilines is 1. The molecule has 0 aliphatic heterocycles. The van der Waals surface area contributed by atoms with Crippen molar-refractivity contribution in [3.8, 4) is 0 Å². The van der Waals surface area contributed by atoms with E-state index in [4.69, 9.17) is 5.73 Å². The number of aromatic amines is 2. The van der Waals surface area contributed by atoms with Crippen LogP contribution in [0.4, 0.5) is 5.82 Å². The Hall–Kier alpha value is -1.63. The van der Waals surface area contributed by atoms with Gasteiger partial charge in [-0.1, -0.05) is 0 Å². The molecule has 0 saturated heterocycles. The normalized spacial score (nSPS) is 24.5. The van der Waals surface area contributed by atoms with Crippen molar-refractivity contribution in [3.63, 3.8) is 0 Å². The number of H-pyrrole nitrogens is 2. The summed E-state index contributed by atoms with van der Waals surface area (Å²) < 4.78 is 0. The highest BCUT2D eigenvalue weighted by molar-refractivity contribution is 5.28. The zero-order chi connectivity index (χ0) is 12.3. The minimum Gasteiger partial charge on any atom is -0.364 e. The van der Waals surface area contributed by atoms with Gasteiger partial charge in [0.15, 0.2) is 0 Å². The van der Waals surface area contributed by atoms with E-state index >= 15 is 0 Å². The van der Waals surface area contributed by atoms with Crippen LogP contribution in [0, 0.1) is 5.92 Å². The third kappa shape index (κ3) is 3.16. The molecule has 1 aliphatic carbocycles. The van der Waals surface area contributed by atoms with Crippen molar-refractivity contribution in [1.82, 2.24) is 15.2 Å². The van der Waals surface area contributed by atoms with Crippen LogP contribution < -0.4 is 22.3 Å². The first-order chi connectivity index (χ1) is 8.15. The van der Waals surface area contributed by atoms with E-state index in [1.807, 2.05) is 0 Å². The lowest BCUT2D eigenvalue weighted by Crippen LogP contribution is -2.31. The molecule has 2 rings (SSSR count). The third-order valence-electron chi connectivity index (χ3n) is 3.16. The Morgan fingerprint density at radius 1 is 1.29 bits per heavy atom. The molecule has 7 nitrogen and oxygen atoms in total. The second kappa shape index (κ2) is 5.13. The number of rotatable bonds is 3. The molecule has 0 atom stereocenters. The fourth-order valence-electron chi connectivity index (χ4n) is 2.10. The highest BCUT2D eigenvalue weighted by atomic mass is 16.2. The van der Waals surface area contributed by atoms with Gasteiger partial charge in [0.1, 0.15) is 0 Å². The zero-order valence-corrected chi connectivity index (χ0v) is 9.53. The maximum absolute atomic E-state index is 11.3. The van der Waals surface area contributed by atoms with E-state index < -0.39 is 11.2 Å². The van der Waals surface area contributed by atoms with Crippen LogP contribution in [0.5, 0.6) is 0 Å². The summed E-state index contributed by atoms with van der Waals surface area (Å²) in [6.45, 7) is 0.689. The van der Waals surface area contributed by atoms with Crippen LogP contribution in [0.25, 0.3) is 0 Å². The Morgan fingerprint density at radius 2 is 2.00 bits per heavy atom. The predicted molar refractivity (Wildman–Crippen MR) is 63.9 cm³/mol. The van der Waals surface area contributed by atoms with Crippen molar-refractivity contribution in [2.75, 3.05) is 11.9 Å². The van der Waals surface area contributed by atoms with Gasteiger partial charge in [0.2, 0.25) is 5.82 Å². The molecule has 0 radical (unpaired) electrons. The molecule has 1 fully saturated rings. The van der Waals surface area contributed by atoms with Crippen LogP contribution in [0.2, 0.25) is 0 Å². The first-order valence-corrected chi connectivity index (χ1v) is 5.83. The molecule has 0 aromatic carbocycles. The van der Waals surface area contributed by atoms with Crippen LogP contribution in [-0.2, 0) is 0 Å². The number of nitrogens with two attached hydrogens (primary N) is 1. The lowest BCUT2D eigenvalue weighted by Gasteiger charge is -2.25. The largest absolute Gasteiger partial charge is 0.364 e. The molecule has 0 amide bonds. The average molecular weight is 239 g/mol. The second-order valence-electron chi connectivity index (χ2n) is 4.52. The third-order valence-corrected chi connectivity index (χ3v) is 3.16. The smallest absolute Gasteiger partial charge is 0.342 e. The van der Waals surface area contributed by atoms with Gasteiger partial charge in [-0.3, -0.25) is 9.78 Å². The van der Waals surface area contributed by atoms with Crippen molar-refractivity contribution >= 4 is 5.82 Å². The van der Waals surface area contributed by atoms with E-state index in [-0.39, 0.29) is 5.82 Å². The summed E-state index contributed by atoms with van der Waals surface area (Å²) in [5, 5.41) is 8.81. The van der Waals surface area contributed by atoms with E-state index in [2.05, 4.69) is 20.5 Å². The van der Waals surface area contributed by atoms with Crippen molar-refractivity contribution in [3.05, 3.63) is 20.8 Å². The van der Waals surface area contributed by atoms with Gasteiger partial charge in [0.25, 0.3) is 5.56 Å². The summed E-state index contributed by atoms with van der Waals surface area (Å²) in [5.74, 6) is 0.683. The fraction of sp³-hybridized carbons (Fsp3) is 0.700. The van der Waals surface area contributed by atoms with Crippen molar-refractivity contribution in [2.45, 2.75) is 31.7 Å². The second-order valence-corrected chi connectivity index (χ2v) is 4.52. The van der Waals surface area contributed by atoms with Crippen molar-refractivity contribution in [1.29, 1.82) is 0 Å². The maximum atomic E-state index is 11.3. The predicted octanol–water partition coefficient (Wildman–Crippen LogP) is -0.612. The molecule has 1 aromatic heterocycles. The SMILES string of the molecule is NC1CCC(CNc2n[nH]c(=O)[nH]c2=O)CC1. The van der Waals surface area contributed by atoms with Gasteiger partial charge >= 0.3 is 5.69 Å². The molecule has 0 spiro atoms. The lowest BCUT2D eigenvalue weighted by atomic mass is 9.86. The topological polar surface area (TPSA) is 117 Å². The first-order valence-electron chi connectivity index (χ1n) is 5.83. The Balaban J connectivity index is 1.89. The Labute approximate surface area is 97.8 Å². The average Bonchev–Trinajstić information content (AvgIpc) is 2.30. The summed E-state index contributed by atoms with van der Waals surface area (Å²) in [6, 6.07) is 0.320. The van der Waals surface area contributed by atoms with Gasteiger partial charge in [0, 0.05) is 12.6 Å². The quantitative estimate of drug-likeness (QED) is 0.561. The summed E-state index contributed by atoms with van der Waals surface area (Å²) >= 11 is 0. The first kappa shape index (κ1) is 11.8. The van der Waals surface area contributed by atoms with Gasteiger partial charge in [-0.05, 0) is 31.6 Å². The summed E-state index contributed by atoms with van der Waals surface area (Å²) in [6.07, 6.45) is 4.19. The van der Waals surface area contributed by atoms with Gasteiger partial charge in [-0.15, -0.1) is 5.10 Å². The van der Waals surface area contributed by atoms with E-state index in [0.717, 1.165) is 25.7 Å². The van der Waals surface area contributed by atoms with Gasteiger partial charge in [-0.25, -0.2) is 9.89 Å². The van der Waals surface area contributed by atoms with Gasteiger partial charge in [0.05, 0.1) is 0 Å². The summed E-state index contributed by atoms with van der Waals surface area (Å²) in [4.78, 5) is 24.2. The van der Waals surface area contributed by atoms with E-state index in [9.17, 15) is 9.59 Å². The Morgan fingerprint density at radius 3 is 2.65 bits per heavy atom. The van der Waals surface area contributed by atoms with E-state index in [0.29, 0.717) is 18.5 Å². The zero-order valence-electron chi connectivity index (χ0n) is 9.53. The summed E-state index contributed by atoms with van der Waals surface area (Å²) in [7, 11) is 0. The fourth-order valence-corrected chi connectivity index (χ4v) is 2.10. The molecule has 1 aliphatic rings. The summed E-state index contributed by atoms with van der Waals surface area (Å²) in [5.41, 5.74) is 4.74. The number of hydrogen-bond donors (Lipinski definition) is 4. The molecule has 1 saturated carbocycles. The van der Waals surface area contributed by atoms with Crippen molar-refractivity contribution < 1.29 is 0 Å². The molecule has 5 N–H and O–H groups in total. The number of hydrogen-bond acceptors (Lipinski definition) is 5. The molecule has 1 heterocycles. The molecular formula is C10H17N5O2. The molecule has 1 aromatic rings. The van der Waals surface area contributed by atoms with Crippen LogP contribution in [-0.4, -0.2) is 27.8 Å². The highest BCUT2D eigenvalue weighted by Crippen LogP contribution is 2.22.